The van der Waals surface area contributed by atoms with Gasteiger partial charge in [-0.05, 0) is 51.7 Å². The van der Waals surface area contributed by atoms with Crippen LogP contribution in [0.5, 0.6) is 0 Å². The van der Waals surface area contributed by atoms with Gasteiger partial charge in [-0.15, -0.1) is 0 Å². The predicted molar refractivity (Wildman–Crippen MR) is 144 cm³/mol. The van der Waals surface area contributed by atoms with Crippen LogP contribution >= 0.6 is 0 Å². The summed E-state index contributed by atoms with van der Waals surface area (Å²) in [6.45, 7) is 12.6. The molecule has 1 aromatic rings. The molecule has 3 amide bonds. The number of ether oxygens (including phenoxy) is 2. The van der Waals surface area contributed by atoms with E-state index in [4.69, 9.17) is 9.47 Å². The van der Waals surface area contributed by atoms with Crippen molar-refractivity contribution in [1.82, 2.24) is 10.2 Å². The Morgan fingerprint density at radius 1 is 1.24 bits per heavy atom. The third-order valence-electron chi connectivity index (χ3n) is 5.97. The fourth-order valence-electron chi connectivity index (χ4n) is 3.86. The molecule has 11 heteroatoms. The first kappa shape index (κ1) is 31.0. The predicted octanol–water partition coefficient (Wildman–Crippen LogP) is 3.70. The molecule has 10 nitrogen and oxygen atoms in total. The number of hydrogen-bond acceptors (Lipinski definition) is 7. The Labute approximate surface area is 225 Å². The summed E-state index contributed by atoms with van der Waals surface area (Å²) < 4.78 is 28.7. The highest BCUT2D eigenvalue weighted by atomic mass is 32.2. The van der Waals surface area contributed by atoms with E-state index in [0.717, 1.165) is 0 Å². The summed E-state index contributed by atoms with van der Waals surface area (Å²) in [5.74, 6) is -3.02. The van der Waals surface area contributed by atoms with E-state index < -0.39 is 57.0 Å². The Kier molecular flexibility index (Phi) is 11.1. The van der Waals surface area contributed by atoms with Gasteiger partial charge in [-0.2, -0.15) is 4.36 Å². The van der Waals surface area contributed by atoms with Gasteiger partial charge in [-0.1, -0.05) is 51.1 Å². The van der Waals surface area contributed by atoms with E-state index in [-0.39, 0.29) is 17.4 Å². The quantitative estimate of drug-likeness (QED) is 0.348. The molecule has 4 atom stereocenters. The highest BCUT2D eigenvalue weighted by molar-refractivity contribution is 7.94. The van der Waals surface area contributed by atoms with E-state index in [1.54, 1.807) is 45.9 Å². The third-order valence-corrected chi connectivity index (χ3v) is 8.11. The minimum Gasteiger partial charge on any atom is -0.460 e. The van der Waals surface area contributed by atoms with Gasteiger partial charge in [0, 0.05) is 11.4 Å². The van der Waals surface area contributed by atoms with Crippen molar-refractivity contribution in [3.63, 3.8) is 0 Å². The van der Waals surface area contributed by atoms with Crippen LogP contribution in [0.3, 0.4) is 0 Å². The van der Waals surface area contributed by atoms with Crippen molar-refractivity contribution in [1.29, 1.82) is 0 Å². The molecule has 1 fully saturated rings. The zero-order chi connectivity index (χ0) is 28.5. The van der Waals surface area contributed by atoms with E-state index in [1.165, 1.54) is 23.1 Å². The van der Waals surface area contributed by atoms with Gasteiger partial charge in [0.15, 0.2) is 0 Å². The standard InChI is InChI=1S/C27H39N3O7S/c1-7-17-36-25(33)23(19(3)8-2)28-22(31)18-38(35,20-13-10-9-11-14-20)29-24(32)21-15-12-16-30(21)26(34)37-27(4,5)6/h7,9-11,13-14,19,21,23H,1,8,12,15-18H2,2-6H3,(H,28,31)/t19-,21-,23-,38?/m0/s1. The van der Waals surface area contributed by atoms with Crippen LogP contribution in [0, 0.1) is 5.92 Å². The largest absolute Gasteiger partial charge is 0.460 e. The minimum atomic E-state index is -3.59. The molecule has 1 N–H and O–H groups in total. The molecule has 1 heterocycles. The Morgan fingerprint density at radius 3 is 2.47 bits per heavy atom. The highest BCUT2D eigenvalue weighted by Crippen LogP contribution is 2.24. The summed E-state index contributed by atoms with van der Waals surface area (Å²) in [5, 5.41) is 2.61. The molecule has 0 aliphatic carbocycles. The van der Waals surface area contributed by atoms with E-state index in [1.807, 2.05) is 6.92 Å². The molecular formula is C27H39N3O7S. The molecule has 1 aromatic carbocycles. The van der Waals surface area contributed by atoms with E-state index in [2.05, 4.69) is 16.3 Å². The number of carbonyl (C=O) groups excluding carboxylic acids is 4. The smallest absolute Gasteiger partial charge is 0.410 e. The van der Waals surface area contributed by atoms with Gasteiger partial charge in [0.2, 0.25) is 5.91 Å². The molecular weight excluding hydrogens is 510 g/mol. The van der Waals surface area contributed by atoms with Gasteiger partial charge < -0.3 is 14.8 Å². The summed E-state index contributed by atoms with van der Waals surface area (Å²) in [4.78, 5) is 53.1. The van der Waals surface area contributed by atoms with Crippen molar-refractivity contribution in [3.05, 3.63) is 43.0 Å². The lowest BCUT2D eigenvalue weighted by molar-refractivity contribution is -0.148. The van der Waals surface area contributed by atoms with Crippen molar-refractivity contribution in [2.24, 2.45) is 10.3 Å². The van der Waals surface area contributed by atoms with Crippen molar-refractivity contribution < 1.29 is 32.9 Å². The fraction of sp³-hybridized carbons (Fsp3) is 0.556. The number of hydrogen-bond donors (Lipinski definition) is 1. The summed E-state index contributed by atoms with van der Waals surface area (Å²) in [7, 11) is -3.59. The number of benzene rings is 1. The number of carbonyl (C=O) groups is 4. The SMILES string of the molecule is C=CCOC(=O)[C@@H](NC(=O)CS(=O)(=NC(=O)[C@@H]1CCCN1C(=O)OC(C)(C)C)c1ccccc1)[C@@H](C)CC. The van der Waals surface area contributed by atoms with Crippen molar-refractivity contribution in [2.45, 2.75) is 76.5 Å². The normalized spacial score (nSPS) is 18.4. The maximum absolute atomic E-state index is 14.1. The average Bonchev–Trinajstić information content (AvgIpc) is 3.35. The molecule has 0 radical (unpaired) electrons. The second-order valence-electron chi connectivity index (χ2n) is 10.2. The monoisotopic (exact) mass is 549 g/mol. The van der Waals surface area contributed by atoms with Gasteiger partial charge in [0.25, 0.3) is 5.91 Å². The van der Waals surface area contributed by atoms with Crippen molar-refractivity contribution in [3.8, 4) is 0 Å². The van der Waals surface area contributed by atoms with Gasteiger partial charge in [-0.3, -0.25) is 14.5 Å². The molecule has 2 rings (SSSR count). The highest BCUT2D eigenvalue weighted by Gasteiger charge is 2.38. The molecule has 1 aliphatic heterocycles. The van der Waals surface area contributed by atoms with Gasteiger partial charge >= 0.3 is 12.1 Å². The van der Waals surface area contributed by atoms with E-state index >= 15 is 0 Å². The Hall–Kier alpha value is -3.21. The van der Waals surface area contributed by atoms with Gasteiger partial charge in [-0.25, -0.2) is 13.8 Å². The molecule has 1 unspecified atom stereocenters. The first-order valence-corrected chi connectivity index (χ1v) is 14.4. The van der Waals surface area contributed by atoms with Crippen LogP contribution in [0.15, 0.2) is 52.2 Å². The van der Waals surface area contributed by atoms with E-state index in [0.29, 0.717) is 25.8 Å². The molecule has 0 spiro atoms. The van der Waals surface area contributed by atoms with Crippen LogP contribution in [0.1, 0.15) is 53.9 Å². The van der Waals surface area contributed by atoms with Crippen LogP contribution < -0.4 is 5.32 Å². The lowest BCUT2D eigenvalue weighted by Gasteiger charge is -2.27. The third kappa shape index (κ3) is 8.68. The lowest BCUT2D eigenvalue weighted by Crippen LogP contribution is -2.48. The maximum atomic E-state index is 14.1. The Bertz CT molecular complexity index is 1140. The fourth-order valence-corrected chi connectivity index (χ4v) is 5.63. The van der Waals surface area contributed by atoms with Crippen LogP contribution in [0.2, 0.25) is 0 Å². The molecule has 0 bridgehead atoms. The zero-order valence-corrected chi connectivity index (χ0v) is 23.6. The Morgan fingerprint density at radius 2 is 1.89 bits per heavy atom. The molecule has 210 valence electrons. The lowest BCUT2D eigenvalue weighted by atomic mass is 9.99. The first-order chi connectivity index (χ1) is 17.8. The van der Waals surface area contributed by atoms with Crippen molar-refractivity contribution >= 4 is 33.6 Å². The number of amides is 3. The molecule has 1 saturated heterocycles. The number of rotatable bonds is 10. The topological polar surface area (TPSA) is 131 Å². The molecule has 0 saturated carbocycles. The first-order valence-electron chi connectivity index (χ1n) is 12.7. The van der Waals surface area contributed by atoms with Crippen LogP contribution in [-0.2, 0) is 33.6 Å². The van der Waals surface area contributed by atoms with Crippen LogP contribution in [0.4, 0.5) is 4.79 Å². The Balaban J connectivity index is 2.36. The van der Waals surface area contributed by atoms with Crippen LogP contribution in [0.25, 0.3) is 0 Å². The van der Waals surface area contributed by atoms with Crippen molar-refractivity contribution in [2.75, 3.05) is 18.9 Å². The summed E-state index contributed by atoms with van der Waals surface area (Å²) in [6.07, 6.45) is 2.24. The second-order valence-corrected chi connectivity index (χ2v) is 12.4. The van der Waals surface area contributed by atoms with E-state index in [9.17, 15) is 23.4 Å². The number of nitrogens with one attached hydrogen (secondary N) is 1. The van der Waals surface area contributed by atoms with Gasteiger partial charge in [0.1, 0.15) is 30.0 Å². The minimum absolute atomic E-state index is 0.0121. The second kappa shape index (κ2) is 13.5. The molecule has 0 aromatic heterocycles. The zero-order valence-electron chi connectivity index (χ0n) is 22.8. The number of esters is 1. The number of likely N-dealkylation sites (tertiary alicyclic amines) is 1. The molecule has 1 aliphatic rings. The van der Waals surface area contributed by atoms with Gasteiger partial charge in [0.05, 0.1) is 9.73 Å². The molecule has 38 heavy (non-hydrogen) atoms. The summed E-state index contributed by atoms with van der Waals surface area (Å²) in [5.41, 5.74) is -0.751. The summed E-state index contributed by atoms with van der Waals surface area (Å²) in [6, 6.07) is 6.10. The average molecular weight is 550 g/mol. The number of nitrogens with zero attached hydrogens (tertiary/aromatic N) is 2. The maximum Gasteiger partial charge on any atom is 0.410 e. The summed E-state index contributed by atoms with van der Waals surface area (Å²) >= 11 is 0. The van der Waals surface area contributed by atoms with Crippen LogP contribution in [-0.4, -0.2) is 69.6 Å².